The number of hydrogen-bond acceptors (Lipinski definition) is 6. The Labute approximate surface area is 172 Å². The number of anilines is 1. The summed E-state index contributed by atoms with van der Waals surface area (Å²) < 4.78 is 19.8. The molecule has 0 atom stereocenters. The Kier molecular flexibility index (Phi) is 6.77. The van der Waals surface area contributed by atoms with Crippen LogP contribution in [0.15, 0.2) is 62.6 Å². The van der Waals surface area contributed by atoms with Crippen molar-refractivity contribution in [2.45, 2.75) is 11.8 Å². The topological polar surface area (TPSA) is 97.1 Å². The minimum atomic E-state index is -0.612. The number of benzene rings is 2. The fourth-order valence-electron chi connectivity index (χ4n) is 2.12. The molecule has 1 aromatic heterocycles. The van der Waals surface area contributed by atoms with Crippen LogP contribution in [0, 0.1) is 5.82 Å². The summed E-state index contributed by atoms with van der Waals surface area (Å²) >= 11 is 4.39. The van der Waals surface area contributed by atoms with E-state index in [2.05, 4.69) is 36.8 Å². The fraction of sp³-hybridized carbons (Fsp3) is 0.111. The van der Waals surface area contributed by atoms with Crippen LogP contribution in [-0.2, 0) is 11.3 Å². The summed E-state index contributed by atoms with van der Waals surface area (Å²) in [6, 6.07) is 12.8. The molecule has 2 N–H and O–H groups in total. The van der Waals surface area contributed by atoms with Crippen molar-refractivity contribution in [3.63, 3.8) is 0 Å². The van der Waals surface area contributed by atoms with Crippen LogP contribution < -0.4 is 10.6 Å². The summed E-state index contributed by atoms with van der Waals surface area (Å²) in [4.78, 5) is 23.9. The number of halogens is 2. The molecular formula is C18H14BrFN4O3S. The van der Waals surface area contributed by atoms with Crippen LogP contribution in [0.1, 0.15) is 16.2 Å². The van der Waals surface area contributed by atoms with Crippen molar-refractivity contribution in [3.8, 4) is 0 Å². The summed E-state index contributed by atoms with van der Waals surface area (Å²) in [6.45, 7) is -0.0498. The van der Waals surface area contributed by atoms with Crippen molar-refractivity contribution in [2.24, 2.45) is 0 Å². The number of thioether (sulfide) groups is 1. The number of carbonyl (C=O) groups is 2. The first-order valence-electron chi connectivity index (χ1n) is 8.04. The third-order valence-corrected chi connectivity index (χ3v) is 4.77. The first kappa shape index (κ1) is 20.0. The van der Waals surface area contributed by atoms with Gasteiger partial charge in [-0.2, -0.15) is 0 Å². The number of rotatable bonds is 7. The number of nitrogens with zero attached hydrogens (tertiary/aromatic N) is 2. The molecule has 2 amide bonds. The molecule has 0 saturated heterocycles. The third-order valence-electron chi connectivity index (χ3n) is 3.42. The van der Waals surface area contributed by atoms with E-state index in [-0.39, 0.29) is 34.9 Å². The van der Waals surface area contributed by atoms with Crippen molar-refractivity contribution in [1.29, 1.82) is 0 Å². The average Bonchev–Trinajstić information content (AvgIpc) is 3.15. The van der Waals surface area contributed by atoms with Crippen molar-refractivity contribution >= 4 is 45.2 Å². The Bertz CT molecular complexity index is 981. The molecule has 1 heterocycles. The lowest BCUT2D eigenvalue weighted by Gasteiger charge is -2.04. The van der Waals surface area contributed by atoms with E-state index in [1.807, 2.05) is 12.1 Å². The van der Waals surface area contributed by atoms with Gasteiger partial charge in [0.15, 0.2) is 0 Å². The summed E-state index contributed by atoms with van der Waals surface area (Å²) in [5.74, 6) is -1.18. The van der Waals surface area contributed by atoms with Crippen molar-refractivity contribution in [3.05, 3.63) is 70.3 Å². The maximum atomic E-state index is 13.6. The van der Waals surface area contributed by atoms with Crippen LogP contribution in [0.4, 0.5) is 10.1 Å². The first-order valence-corrected chi connectivity index (χ1v) is 9.82. The molecule has 0 saturated carbocycles. The number of aromatic nitrogens is 2. The van der Waals surface area contributed by atoms with Crippen molar-refractivity contribution in [1.82, 2.24) is 15.5 Å². The monoisotopic (exact) mass is 464 g/mol. The van der Waals surface area contributed by atoms with Crippen molar-refractivity contribution in [2.75, 3.05) is 11.1 Å². The van der Waals surface area contributed by atoms with Gasteiger partial charge >= 0.3 is 0 Å². The van der Waals surface area contributed by atoms with Crippen LogP contribution in [0.2, 0.25) is 0 Å². The summed E-state index contributed by atoms with van der Waals surface area (Å²) in [7, 11) is 0. The van der Waals surface area contributed by atoms with E-state index in [1.54, 1.807) is 18.2 Å². The van der Waals surface area contributed by atoms with Gasteiger partial charge in [-0.15, -0.1) is 10.2 Å². The highest BCUT2D eigenvalue weighted by molar-refractivity contribution is 9.10. The first-order chi connectivity index (χ1) is 13.5. The Morgan fingerprint density at radius 3 is 2.61 bits per heavy atom. The molecular weight excluding hydrogens is 451 g/mol. The maximum Gasteiger partial charge on any atom is 0.277 e. The molecule has 144 valence electrons. The van der Waals surface area contributed by atoms with Gasteiger partial charge < -0.3 is 15.1 Å². The summed E-state index contributed by atoms with van der Waals surface area (Å²) in [6.07, 6.45) is 0. The average molecular weight is 465 g/mol. The van der Waals surface area contributed by atoms with E-state index in [0.717, 1.165) is 16.2 Å². The van der Waals surface area contributed by atoms with Gasteiger partial charge in [-0.25, -0.2) is 4.39 Å². The second kappa shape index (κ2) is 9.47. The maximum absolute atomic E-state index is 13.6. The van der Waals surface area contributed by atoms with E-state index in [4.69, 9.17) is 4.42 Å². The second-order valence-corrected chi connectivity index (χ2v) is 7.31. The highest BCUT2D eigenvalue weighted by Gasteiger charge is 2.13. The van der Waals surface area contributed by atoms with Crippen LogP contribution in [0.3, 0.4) is 0 Å². The highest BCUT2D eigenvalue weighted by atomic mass is 79.9. The third kappa shape index (κ3) is 5.64. The van der Waals surface area contributed by atoms with E-state index < -0.39 is 11.7 Å². The van der Waals surface area contributed by atoms with Crippen molar-refractivity contribution < 1.29 is 18.4 Å². The Morgan fingerprint density at radius 1 is 1.11 bits per heavy atom. The second-order valence-electron chi connectivity index (χ2n) is 5.47. The Balaban J connectivity index is 1.46. The quantitative estimate of drug-likeness (QED) is 0.518. The molecule has 0 fully saturated rings. The highest BCUT2D eigenvalue weighted by Crippen LogP contribution is 2.18. The Morgan fingerprint density at radius 2 is 1.86 bits per heavy atom. The van der Waals surface area contributed by atoms with E-state index in [9.17, 15) is 14.0 Å². The molecule has 0 spiro atoms. The molecule has 0 aliphatic rings. The predicted octanol–water partition coefficient (Wildman–Crippen LogP) is 3.63. The van der Waals surface area contributed by atoms with Gasteiger partial charge in [-0.3, -0.25) is 9.59 Å². The minimum Gasteiger partial charge on any atom is -0.414 e. The predicted molar refractivity (Wildman–Crippen MR) is 105 cm³/mol. The van der Waals surface area contributed by atoms with Gasteiger partial charge in [-0.1, -0.05) is 39.8 Å². The molecule has 0 aliphatic heterocycles. The zero-order valence-electron chi connectivity index (χ0n) is 14.3. The molecule has 0 aliphatic carbocycles. The molecule has 0 radical (unpaired) electrons. The fourth-order valence-corrected chi connectivity index (χ4v) is 2.97. The van der Waals surface area contributed by atoms with Gasteiger partial charge in [-0.05, 0) is 36.4 Å². The number of nitrogens with one attached hydrogen (secondary N) is 2. The molecule has 7 nitrogen and oxygen atoms in total. The normalized spacial score (nSPS) is 10.5. The molecule has 2 aromatic carbocycles. The lowest BCUT2D eigenvalue weighted by molar-refractivity contribution is -0.113. The number of carbonyl (C=O) groups excluding carboxylic acids is 2. The zero-order chi connectivity index (χ0) is 19.9. The van der Waals surface area contributed by atoms with Crippen LogP contribution in [0.5, 0.6) is 0 Å². The summed E-state index contributed by atoms with van der Waals surface area (Å²) in [5, 5.41) is 13.0. The van der Waals surface area contributed by atoms with Gasteiger partial charge in [0, 0.05) is 10.2 Å². The standard InChI is InChI=1S/C18H14BrFN4O3S/c19-11-5-7-12(8-6-11)22-15(25)10-28-18-24-23-16(27-18)9-21-17(26)13-3-1-2-4-14(13)20/h1-8H,9-10H2,(H,21,26)(H,22,25). The minimum absolute atomic E-state index is 0.0498. The van der Waals surface area contributed by atoms with Crippen LogP contribution >= 0.6 is 27.7 Å². The lowest BCUT2D eigenvalue weighted by atomic mass is 10.2. The zero-order valence-corrected chi connectivity index (χ0v) is 16.7. The molecule has 0 unspecified atom stereocenters. The van der Waals surface area contributed by atoms with Gasteiger partial charge in [0.2, 0.25) is 11.8 Å². The van der Waals surface area contributed by atoms with Gasteiger partial charge in [0.25, 0.3) is 11.1 Å². The van der Waals surface area contributed by atoms with Crippen LogP contribution in [0.25, 0.3) is 0 Å². The molecule has 28 heavy (non-hydrogen) atoms. The molecule has 10 heteroatoms. The van der Waals surface area contributed by atoms with E-state index >= 15 is 0 Å². The van der Waals surface area contributed by atoms with Gasteiger partial charge in [0.1, 0.15) is 5.82 Å². The molecule has 0 bridgehead atoms. The summed E-state index contributed by atoms with van der Waals surface area (Å²) in [5.41, 5.74) is 0.608. The van der Waals surface area contributed by atoms with E-state index in [0.29, 0.717) is 5.69 Å². The smallest absolute Gasteiger partial charge is 0.277 e. The lowest BCUT2D eigenvalue weighted by Crippen LogP contribution is -2.23. The number of amides is 2. The largest absolute Gasteiger partial charge is 0.414 e. The Hall–Kier alpha value is -2.72. The SMILES string of the molecule is O=C(CSc1nnc(CNC(=O)c2ccccc2F)o1)Nc1ccc(Br)cc1. The van der Waals surface area contributed by atoms with Gasteiger partial charge in [0.05, 0.1) is 17.9 Å². The van der Waals surface area contributed by atoms with Crippen LogP contribution in [-0.4, -0.2) is 27.8 Å². The number of hydrogen-bond donors (Lipinski definition) is 2. The van der Waals surface area contributed by atoms with E-state index in [1.165, 1.54) is 18.2 Å². The molecule has 3 aromatic rings. The molecule has 3 rings (SSSR count).